The van der Waals surface area contributed by atoms with Gasteiger partial charge in [-0.15, -0.1) is 54.1 Å². The zero-order chi connectivity index (χ0) is 35.8. The van der Waals surface area contributed by atoms with Crippen LogP contribution in [-0.4, -0.2) is 22.6 Å². The maximum Gasteiger partial charge on any atom is 0.120 e. The molecule has 0 fully saturated rings. The monoisotopic (exact) mass is 850 g/mol. The quantitative estimate of drug-likeness (QED) is 0.119. The molecule has 6 heteroatoms. The van der Waals surface area contributed by atoms with Crippen LogP contribution in [0.4, 0.5) is 0 Å². The number of nitrogens with zero attached hydrogens (tertiary/aromatic N) is 3. The van der Waals surface area contributed by atoms with E-state index >= 15 is 0 Å². The summed E-state index contributed by atoms with van der Waals surface area (Å²) in [6, 6.07) is 46.5. The molecule has 0 N–H and O–H groups in total. The second-order valence-electron chi connectivity index (χ2n) is 13.3. The number of para-hydroxylation sites is 3. The van der Waals surface area contributed by atoms with Crippen LogP contribution in [0, 0.1) is 12.1 Å². The van der Waals surface area contributed by atoms with Crippen LogP contribution in [-0.2, 0) is 33.0 Å². The molecule has 0 aliphatic carbocycles. The Labute approximate surface area is 312 Å². The van der Waals surface area contributed by atoms with Gasteiger partial charge in [-0.3, -0.25) is 4.98 Å². The smallest absolute Gasteiger partial charge is 0.120 e. The van der Waals surface area contributed by atoms with E-state index in [0.29, 0.717) is 0 Å². The first-order chi connectivity index (χ1) is 24.6. The number of furan rings is 1. The third-order valence-electron chi connectivity index (χ3n) is 8.90. The fourth-order valence-corrected chi connectivity index (χ4v) is 7.78. The minimum absolute atomic E-state index is 0. The van der Waals surface area contributed by atoms with Crippen molar-refractivity contribution >= 4 is 46.2 Å². The van der Waals surface area contributed by atoms with Crippen molar-refractivity contribution in [2.45, 2.75) is 52.3 Å². The zero-order valence-electron chi connectivity index (χ0n) is 31.0. The van der Waals surface area contributed by atoms with Crippen molar-refractivity contribution in [2.24, 2.45) is 0 Å². The molecular formula is C44H41IrN3OSi-2. The molecule has 3 heterocycles. The minimum atomic E-state index is -1.77. The first kappa shape index (κ1) is 32.6. The maximum absolute atomic E-state index is 9.04. The van der Waals surface area contributed by atoms with E-state index in [1.54, 1.807) is 0 Å². The van der Waals surface area contributed by atoms with Gasteiger partial charge in [0.05, 0.1) is 30.5 Å². The van der Waals surface area contributed by atoms with Gasteiger partial charge >= 0.3 is 0 Å². The average molecular weight is 850 g/mol. The second kappa shape index (κ2) is 15.1. The third-order valence-corrected chi connectivity index (χ3v) is 10.9. The number of aromatic nitrogens is 3. The molecular weight excluding hydrogens is 807 g/mol. The topological polar surface area (TPSA) is 43.9 Å². The van der Waals surface area contributed by atoms with Gasteiger partial charge in [-0.05, 0) is 53.9 Å². The Hall–Kier alpha value is -4.61. The van der Waals surface area contributed by atoms with Gasteiger partial charge in [0.1, 0.15) is 5.58 Å². The van der Waals surface area contributed by atoms with Crippen LogP contribution < -0.4 is 5.19 Å². The fourth-order valence-electron chi connectivity index (χ4n) is 6.37. The van der Waals surface area contributed by atoms with Gasteiger partial charge in [0, 0.05) is 41.0 Å². The summed E-state index contributed by atoms with van der Waals surface area (Å²) >= 11 is 0. The van der Waals surface area contributed by atoms with Gasteiger partial charge in [-0.2, -0.15) is 0 Å². The van der Waals surface area contributed by atoms with E-state index in [-0.39, 0.29) is 26.0 Å². The number of hydrogen-bond acceptors (Lipinski definition) is 3. The molecule has 1 unspecified atom stereocenters. The molecule has 0 saturated heterocycles. The number of benzene rings is 5. The van der Waals surface area contributed by atoms with E-state index in [9.17, 15) is 0 Å². The van der Waals surface area contributed by atoms with Crippen LogP contribution in [0.1, 0.15) is 33.6 Å². The number of hydrogen-bond donors (Lipinski definition) is 0. The Morgan fingerprint density at radius 2 is 1.58 bits per heavy atom. The molecule has 0 aliphatic heterocycles. The van der Waals surface area contributed by atoms with Crippen molar-refractivity contribution in [1.29, 1.82) is 0 Å². The van der Waals surface area contributed by atoms with Crippen LogP contribution in [0.5, 0.6) is 0 Å². The summed E-state index contributed by atoms with van der Waals surface area (Å²) in [5, 5.41) is 3.31. The molecule has 0 amide bonds. The van der Waals surface area contributed by atoms with Gasteiger partial charge in [-0.25, -0.2) is 0 Å². The Bertz CT molecular complexity index is 2450. The minimum Gasteiger partial charge on any atom is -0.501 e. The first-order valence-corrected chi connectivity index (χ1v) is 20.4. The molecule has 8 aromatic rings. The Morgan fingerprint density at radius 1 is 0.840 bits per heavy atom. The van der Waals surface area contributed by atoms with Crippen LogP contribution in [0.25, 0.3) is 55.6 Å². The number of aryl methyl sites for hydroxylation is 1. The Morgan fingerprint density at radius 3 is 2.34 bits per heavy atom. The molecule has 1 radical (unpaired) electrons. The van der Waals surface area contributed by atoms with Crippen molar-refractivity contribution in [1.82, 2.24) is 14.5 Å². The molecule has 50 heavy (non-hydrogen) atoms. The van der Waals surface area contributed by atoms with Gasteiger partial charge in [0.2, 0.25) is 0 Å². The molecule has 8 rings (SSSR count). The predicted octanol–water partition coefficient (Wildman–Crippen LogP) is 10.9. The summed E-state index contributed by atoms with van der Waals surface area (Å²) in [5.41, 5.74) is 8.24. The maximum atomic E-state index is 9.04. The van der Waals surface area contributed by atoms with Crippen LogP contribution in [0.2, 0.25) is 19.6 Å². The molecule has 1 atom stereocenters. The van der Waals surface area contributed by atoms with Gasteiger partial charge in [0.25, 0.3) is 0 Å². The predicted molar refractivity (Wildman–Crippen MR) is 207 cm³/mol. The summed E-state index contributed by atoms with van der Waals surface area (Å²) in [4.78, 5) is 9.50. The summed E-state index contributed by atoms with van der Waals surface area (Å²) in [6.45, 7) is 11.7. The molecule has 4 nitrogen and oxygen atoms in total. The fraction of sp³-hybridized carbons (Fsp3) is 0.182. The first-order valence-electron chi connectivity index (χ1n) is 17.9. The van der Waals surface area contributed by atoms with E-state index in [0.717, 1.165) is 78.5 Å². The van der Waals surface area contributed by atoms with E-state index in [1.807, 2.05) is 116 Å². The number of fused-ring (bicyclic) bond motifs is 4. The van der Waals surface area contributed by atoms with Crippen molar-refractivity contribution in [3.63, 3.8) is 0 Å². The van der Waals surface area contributed by atoms with Crippen LogP contribution in [0.3, 0.4) is 0 Å². The van der Waals surface area contributed by atoms with Crippen molar-refractivity contribution < 1.29 is 27.3 Å². The molecule has 0 saturated carbocycles. The Balaban J connectivity index is 0.000000176. The Kier molecular flexibility index (Phi) is 9.84. The van der Waals surface area contributed by atoms with Crippen molar-refractivity contribution in [3.8, 4) is 22.6 Å². The standard InChI is InChI=1S/C23H26NSi.C21H15N2O.Ir/c1-18(19-11-7-5-8-12-19)15-21-16-22(20-13-9-6-10-14-20)24-17-23(21)25(2,3)4;1-2-23-18-12-5-4-11-17(18)22-21(23)16-10-7-9-15-14-8-3-6-13-19(14)24-20(15)16;/h5-13,16-18H,15H2,1-4H3;3-9,11-13H,2H2,1H3;/q2*-1;/i15D2;;. The van der Waals surface area contributed by atoms with Crippen LogP contribution in [0.15, 0.2) is 132 Å². The van der Waals surface area contributed by atoms with E-state index in [2.05, 4.69) is 66.4 Å². The zero-order valence-corrected chi connectivity index (χ0v) is 32.4. The molecule has 0 bridgehead atoms. The number of imidazole rings is 1. The second-order valence-corrected chi connectivity index (χ2v) is 18.3. The van der Waals surface area contributed by atoms with E-state index in [1.165, 1.54) is 0 Å². The molecule has 5 aromatic carbocycles. The summed E-state index contributed by atoms with van der Waals surface area (Å²) < 4.78 is 26.4. The van der Waals surface area contributed by atoms with Gasteiger partial charge in [-0.1, -0.05) is 110 Å². The summed E-state index contributed by atoms with van der Waals surface area (Å²) in [6.07, 6.45) is 0.400. The third kappa shape index (κ3) is 7.15. The summed E-state index contributed by atoms with van der Waals surface area (Å²) in [5.74, 6) is 0.646. The van der Waals surface area contributed by atoms with Crippen molar-refractivity contribution in [3.05, 3.63) is 151 Å². The van der Waals surface area contributed by atoms with Crippen molar-refractivity contribution in [2.75, 3.05) is 0 Å². The largest absolute Gasteiger partial charge is 0.501 e. The van der Waals surface area contributed by atoms with Crippen LogP contribution >= 0.6 is 0 Å². The number of rotatable bonds is 7. The number of pyridine rings is 1. The van der Waals surface area contributed by atoms with Gasteiger partial charge < -0.3 is 14.0 Å². The van der Waals surface area contributed by atoms with E-state index in [4.69, 9.17) is 12.1 Å². The summed E-state index contributed by atoms with van der Waals surface area (Å²) in [7, 11) is -1.77. The molecule has 0 aliphatic rings. The SMILES string of the molecule is CCn1c(-c2[c-]ccc3c2oc2ccccc23)nc2ccccc21.[2H]C([2H])(c1cc(-c2[c-]cccc2)ncc1[Si](C)(C)C)C(C)c1ccccc1.[Ir]. The normalized spacial score (nSPS) is 12.9. The molecule has 253 valence electrons. The van der Waals surface area contributed by atoms with Gasteiger partial charge in [0.15, 0.2) is 0 Å². The average Bonchev–Trinajstić information content (AvgIpc) is 3.73. The molecule has 3 aromatic heterocycles. The molecule has 0 spiro atoms. The van der Waals surface area contributed by atoms with E-state index < -0.39 is 14.4 Å².